The zero-order valence-corrected chi connectivity index (χ0v) is 18.1. The Balaban J connectivity index is 1.66. The van der Waals surface area contributed by atoms with Crippen LogP contribution in [0.2, 0.25) is 5.02 Å². The summed E-state index contributed by atoms with van der Waals surface area (Å²) in [6, 6.07) is 13.0. The number of ether oxygens (including phenoxy) is 1. The van der Waals surface area contributed by atoms with Crippen molar-refractivity contribution in [3.8, 4) is 28.6 Å². The van der Waals surface area contributed by atoms with Crippen LogP contribution in [-0.2, 0) is 11.3 Å². The van der Waals surface area contributed by atoms with E-state index in [2.05, 4.69) is 10.1 Å². The first kappa shape index (κ1) is 20.9. The minimum Gasteiger partial charge on any atom is -0.489 e. The lowest BCUT2D eigenvalue weighted by Gasteiger charge is -2.11. The first-order valence-electron chi connectivity index (χ1n) is 9.95. The highest BCUT2D eigenvalue weighted by Gasteiger charge is 2.18. The van der Waals surface area contributed by atoms with Crippen molar-refractivity contribution in [1.29, 1.82) is 0 Å². The van der Waals surface area contributed by atoms with Crippen LogP contribution in [0.4, 0.5) is 0 Å². The number of nitrogens with zero attached hydrogens (tertiary/aromatic N) is 3. The van der Waals surface area contributed by atoms with E-state index >= 15 is 0 Å². The molecule has 0 unspecified atom stereocenters. The van der Waals surface area contributed by atoms with E-state index < -0.39 is 11.9 Å². The van der Waals surface area contributed by atoms with E-state index in [-0.39, 0.29) is 6.10 Å². The van der Waals surface area contributed by atoms with Gasteiger partial charge < -0.3 is 18.9 Å². The molecular formula is C23H22ClN3O4. The number of rotatable bonds is 7. The molecule has 0 bridgehead atoms. The molecule has 2 aromatic heterocycles. The van der Waals surface area contributed by atoms with E-state index in [0.717, 1.165) is 22.0 Å². The van der Waals surface area contributed by atoms with E-state index in [1.165, 1.54) is 0 Å². The maximum Gasteiger partial charge on any atom is 0.308 e. The second-order valence-corrected chi connectivity index (χ2v) is 8.09. The summed E-state index contributed by atoms with van der Waals surface area (Å²) in [6.07, 6.45) is 1.89. The lowest BCUT2D eigenvalue weighted by molar-refractivity contribution is -0.141. The zero-order valence-electron chi connectivity index (χ0n) is 17.4. The first-order valence-corrected chi connectivity index (χ1v) is 10.3. The van der Waals surface area contributed by atoms with E-state index in [9.17, 15) is 9.90 Å². The van der Waals surface area contributed by atoms with Gasteiger partial charge in [-0.1, -0.05) is 29.7 Å². The van der Waals surface area contributed by atoms with Gasteiger partial charge in [0.25, 0.3) is 5.89 Å². The third kappa shape index (κ3) is 4.27. The van der Waals surface area contributed by atoms with Crippen LogP contribution in [0.5, 0.6) is 5.75 Å². The van der Waals surface area contributed by atoms with Crippen molar-refractivity contribution in [2.24, 2.45) is 5.92 Å². The van der Waals surface area contributed by atoms with Gasteiger partial charge in [-0.25, -0.2) is 0 Å². The predicted octanol–water partition coefficient (Wildman–Crippen LogP) is 5.52. The van der Waals surface area contributed by atoms with Crippen LogP contribution in [-0.4, -0.2) is 31.9 Å². The normalized spacial score (nSPS) is 12.4. The van der Waals surface area contributed by atoms with Crippen LogP contribution < -0.4 is 4.74 Å². The van der Waals surface area contributed by atoms with Crippen LogP contribution in [0, 0.1) is 5.92 Å². The molecule has 31 heavy (non-hydrogen) atoms. The summed E-state index contributed by atoms with van der Waals surface area (Å²) in [5.74, 6) is 0.0720. The number of fused-ring (bicyclic) bond motifs is 1. The third-order valence-corrected chi connectivity index (χ3v) is 5.21. The van der Waals surface area contributed by atoms with Gasteiger partial charge in [0.15, 0.2) is 0 Å². The minimum absolute atomic E-state index is 0.0198. The van der Waals surface area contributed by atoms with Crippen LogP contribution in [0.3, 0.4) is 0 Å². The molecule has 1 atom stereocenters. The van der Waals surface area contributed by atoms with Crippen LogP contribution >= 0.6 is 11.6 Å². The monoisotopic (exact) mass is 439 g/mol. The van der Waals surface area contributed by atoms with Gasteiger partial charge in [0.05, 0.1) is 17.0 Å². The molecule has 0 amide bonds. The number of aliphatic carboxylic acids is 1. The fraction of sp³-hybridized carbons (Fsp3) is 0.261. The summed E-state index contributed by atoms with van der Waals surface area (Å²) in [5, 5.41) is 14.7. The van der Waals surface area contributed by atoms with Crippen molar-refractivity contribution in [3.05, 3.63) is 53.7 Å². The molecule has 4 rings (SSSR count). The van der Waals surface area contributed by atoms with Gasteiger partial charge in [-0.05, 0) is 50.2 Å². The number of halogens is 1. The number of benzene rings is 2. The molecule has 160 valence electrons. The number of carboxylic acid groups (broad SMARTS) is 1. The van der Waals surface area contributed by atoms with Crippen molar-refractivity contribution >= 4 is 28.5 Å². The van der Waals surface area contributed by atoms with Crippen molar-refractivity contribution in [2.75, 3.05) is 0 Å². The number of hydrogen-bond acceptors (Lipinski definition) is 5. The molecule has 0 aliphatic heterocycles. The number of aromatic nitrogens is 3. The molecule has 0 aliphatic carbocycles. The fourth-order valence-electron chi connectivity index (χ4n) is 3.38. The topological polar surface area (TPSA) is 90.4 Å². The summed E-state index contributed by atoms with van der Waals surface area (Å²) in [6.45, 7) is 5.93. The summed E-state index contributed by atoms with van der Waals surface area (Å²) in [4.78, 5) is 15.8. The van der Waals surface area contributed by atoms with Gasteiger partial charge in [0.1, 0.15) is 5.75 Å². The predicted molar refractivity (Wildman–Crippen MR) is 118 cm³/mol. The van der Waals surface area contributed by atoms with Gasteiger partial charge in [-0.3, -0.25) is 4.79 Å². The second-order valence-electron chi connectivity index (χ2n) is 7.68. The maximum atomic E-state index is 11.2. The largest absolute Gasteiger partial charge is 0.489 e. The quantitative estimate of drug-likeness (QED) is 0.407. The van der Waals surface area contributed by atoms with Crippen LogP contribution in [0.25, 0.3) is 33.7 Å². The van der Waals surface area contributed by atoms with Gasteiger partial charge >= 0.3 is 5.97 Å². The molecule has 0 spiro atoms. The van der Waals surface area contributed by atoms with Gasteiger partial charge in [-0.2, -0.15) is 4.98 Å². The Morgan fingerprint density at radius 2 is 2.03 bits per heavy atom. The molecule has 8 heteroatoms. The van der Waals surface area contributed by atoms with E-state index in [4.69, 9.17) is 20.9 Å². The number of carbonyl (C=O) groups is 1. The molecule has 0 fully saturated rings. The lowest BCUT2D eigenvalue weighted by atomic mass is 10.1. The van der Waals surface area contributed by atoms with Crippen LogP contribution in [0.15, 0.2) is 53.2 Å². The summed E-state index contributed by atoms with van der Waals surface area (Å²) >= 11 is 6.34. The van der Waals surface area contributed by atoms with Crippen molar-refractivity contribution < 1.29 is 19.2 Å². The average molecular weight is 440 g/mol. The van der Waals surface area contributed by atoms with Crippen molar-refractivity contribution in [1.82, 2.24) is 14.7 Å². The smallest absolute Gasteiger partial charge is 0.308 e. The second kappa shape index (κ2) is 8.43. The Hall–Kier alpha value is -3.32. The zero-order chi connectivity index (χ0) is 22.1. The summed E-state index contributed by atoms with van der Waals surface area (Å²) in [5.41, 5.74) is 2.41. The molecule has 2 aromatic carbocycles. The molecule has 0 radical (unpaired) electrons. The highest BCUT2D eigenvalue weighted by molar-refractivity contribution is 6.32. The molecule has 7 nitrogen and oxygen atoms in total. The molecule has 2 heterocycles. The summed E-state index contributed by atoms with van der Waals surface area (Å²) < 4.78 is 13.1. The Kier molecular flexibility index (Phi) is 5.69. The van der Waals surface area contributed by atoms with Crippen molar-refractivity contribution in [2.45, 2.75) is 33.4 Å². The third-order valence-electron chi connectivity index (χ3n) is 4.91. The van der Waals surface area contributed by atoms with Crippen molar-refractivity contribution in [3.63, 3.8) is 0 Å². The maximum absolute atomic E-state index is 11.2. The first-order chi connectivity index (χ1) is 14.8. The van der Waals surface area contributed by atoms with E-state index in [0.29, 0.717) is 29.0 Å². The van der Waals surface area contributed by atoms with Gasteiger partial charge in [0.2, 0.25) is 5.82 Å². The standard InChI is InChI=1S/C23H22ClN3O4/c1-13(2)30-20-8-7-15(11-18(20)24)21-25-22(31-26-21)17-5-4-6-19-16(17)9-10-27(19)12-14(3)23(28)29/h4-11,13-14H,12H2,1-3H3,(H,28,29)/t14-/m1/s1. The fourth-order valence-corrected chi connectivity index (χ4v) is 3.61. The highest BCUT2D eigenvalue weighted by atomic mass is 35.5. The average Bonchev–Trinajstić information content (AvgIpc) is 3.37. The van der Waals surface area contributed by atoms with E-state index in [1.54, 1.807) is 19.1 Å². The number of carboxylic acids is 1. The number of hydrogen-bond donors (Lipinski definition) is 1. The van der Waals surface area contributed by atoms with E-state index in [1.807, 2.05) is 54.9 Å². The molecular weight excluding hydrogens is 418 g/mol. The molecule has 0 saturated carbocycles. The summed E-state index contributed by atoms with van der Waals surface area (Å²) in [7, 11) is 0. The minimum atomic E-state index is -0.831. The lowest BCUT2D eigenvalue weighted by Crippen LogP contribution is -2.16. The van der Waals surface area contributed by atoms with Gasteiger partial charge in [-0.15, -0.1) is 0 Å². The Morgan fingerprint density at radius 3 is 2.74 bits per heavy atom. The van der Waals surface area contributed by atoms with Crippen LogP contribution in [0.1, 0.15) is 20.8 Å². The molecule has 0 saturated heterocycles. The SMILES string of the molecule is CC(C)Oc1ccc(-c2noc(-c3cccc4c3ccn4C[C@@H](C)C(=O)O)n2)cc1Cl. The van der Waals surface area contributed by atoms with Gasteiger partial charge in [0, 0.05) is 34.8 Å². The highest BCUT2D eigenvalue weighted by Crippen LogP contribution is 2.33. The Morgan fingerprint density at radius 1 is 1.23 bits per heavy atom. The molecule has 0 aliphatic rings. The molecule has 1 N–H and O–H groups in total. The Labute approximate surface area is 184 Å². The molecule has 4 aromatic rings. The Bertz CT molecular complexity index is 1240.